The molecule has 114 valence electrons. The third-order valence-corrected chi connectivity index (χ3v) is 4.34. The Morgan fingerprint density at radius 2 is 2.00 bits per heavy atom. The standard InChI is InChI=1S/C19H27NO/c1-5-11-20-12-16-17(13-9-10-13)14-7-6-8-15(18(14)21-16)19(2,3)4/h6-8,13,20H,5,9-12H2,1-4H3. The van der Waals surface area contributed by atoms with Crippen molar-refractivity contribution >= 4 is 11.0 Å². The summed E-state index contributed by atoms with van der Waals surface area (Å²) in [6.07, 6.45) is 3.79. The molecule has 0 bridgehead atoms. The van der Waals surface area contributed by atoms with Crippen molar-refractivity contribution in [1.82, 2.24) is 5.32 Å². The van der Waals surface area contributed by atoms with E-state index in [1.54, 1.807) is 0 Å². The number of para-hydroxylation sites is 1. The van der Waals surface area contributed by atoms with Gasteiger partial charge in [0.1, 0.15) is 11.3 Å². The Labute approximate surface area is 127 Å². The molecule has 0 unspecified atom stereocenters. The van der Waals surface area contributed by atoms with Gasteiger partial charge in [-0.25, -0.2) is 0 Å². The van der Waals surface area contributed by atoms with E-state index in [-0.39, 0.29) is 5.41 Å². The van der Waals surface area contributed by atoms with Crippen molar-refractivity contribution in [3.8, 4) is 0 Å². The lowest BCUT2D eigenvalue weighted by Crippen LogP contribution is -2.14. The molecule has 0 aliphatic heterocycles. The van der Waals surface area contributed by atoms with Gasteiger partial charge in [0.05, 0.1) is 6.54 Å². The monoisotopic (exact) mass is 285 g/mol. The van der Waals surface area contributed by atoms with E-state index in [0.29, 0.717) is 0 Å². The molecule has 0 radical (unpaired) electrons. The maximum atomic E-state index is 6.34. The minimum atomic E-state index is 0.117. The molecule has 3 rings (SSSR count). The van der Waals surface area contributed by atoms with Crippen LogP contribution in [0.5, 0.6) is 0 Å². The lowest BCUT2D eigenvalue weighted by molar-refractivity contribution is 0.495. The van der Waals surface area contributed by atoms with E-state index in [0.717, 1.165) is 36.8 Å². The third kappa shape index (κ3) is 2.87. The second kappa shape index (κ2) is 5.49. The summed E-state index contributed by atoms with van der Waals surface area (Å²) < 4.78 is 6.34. The van der Waals surface area contributed by atoms with E-state index in [4.69, 9.17) is 4.42 Å². The van der Waals surface area contributed by atoms with Crippen LogP contribution in [0.4, 0.5) is 0 Å². The second-order valence-corrected chi connectivity index (χ2v) is 7.32. The summed E-state index contributed by atoms with van der Waals surface area (Å²) in [6, 6.07) is 6.64. The van der Waals surface area contributed by atoms with Crippen LogP contribution in [-0.4, -0.2) is 6.54 Å². The van der Waals surface area contributed by atoms with Crippen LogP contribution in [0.3, 0.4) is 0 Å². The van der Waals surface area contributed by atoms with Gasteiger partial charge in [-0.05, 0) is 37.1 Å². The average Bonchev–Trinajstić information content (AvgIpc) is 3.18. The molecule has 2 aromatic rings. The minimum absolute atomic E-state index is 0.117. The van der Waals surface area contributed by atoms with E-state index in [9.17, 15) is 0 Å². The number of benzene rings is 1. The summed E-state index contributed by atoms with van der Waals surface area (Å²) in [4.78, 5) is 0. The smallest absolute Gasteiger partial charge is 0.138 e. The Hall–Kier alpha value is -1.28. The Bertz CT molecular complexity index is 629. The lowest BCUT2D eigenvalue weighted by atomic mass is 9.85. The topological polar surface area (TPSA) is 25.2 Å². The Morgan fingerprint density at radius 1 is 1.24 bits per heavy atom. The third-order valence-electron chi connectivity index (χ3n) is 4.34. The summed E-state index contributed by atoms with van der Waals surface area (Å²) in [7, 11) is 0. The van der Waals surface area contributed by atoms with Gasteiger partial charge in [0, 0.05) is 16.5 Å². The highest BCUT2D eigenvalue weighted by atomic mass is 16.3. The van der Waals surface area contributed by atoms with Gasteiger partial charge in [-0.2, -0.15) is 0 Å². The summed E-state index contributed by atoms with van der Waals surface area (Å²) in [5.74, 6) is 1.89. The fourth-order valence-electron chi connectivity index (χ4n) is 3.11. The highest BCUT2D eigenvalue weighted by Gasteiger charge is 2.32. The molecule has 1 aliphatic rings. The number of furan rings is 1. The van der Waals surface area contributed by atoms with Crippen molar-refractivity contribution in [3.05, 3.63) is 35.1 Å². The predicted molar refractivity (Wildman–Crippen MR) is 88.9 cm³/mol. The van der Waals surface area contributed by atoms with Gasteiger partial charge < -0.3 is 9.73 Å². The van der Waals surface area contributed by atoms with Crippen molar-refractivity contribution in [2.24, 2.45) is 0 Å². The van der Waals surface area contributed by atoms with Gasteiger partial charge in [0.15, 0.2) is 0 Å². The molecule has 1 aromatic heterocycles. The van der Waals surface area contributed by atoms with E-state index in [1.807, 2.05) is 0 Å². The van der Waals surface area contributed by atoms with E-state index >= 15 is 0 Å². The zero-order valence-corrected chi connectivity index (χ0v) is 13.8. The number of nitrogens with one attached hydrogen (secondary N) is 1. The van der Waals surface area contributed by atoms with Crippen molar-refractivity contribution in [2.45, 2.75) is 64.8 Å². The molecule has 1 saturated carbocycles. The van der Waals surface area contributed by atoms with E-state index in [2.05, 4.69) is 51.2 Å². The fraction of sp³-hybridized carbons (Fsp3) is 0.579. The fourth-order valence-corrected chi connectivity index (χ4v) is 3.11. The van der Waals surface area contributed by atoms with Gasteiger partial charge in [0.2, 0.25) is 0 Å². The average molecular weight is 285 g/mol. The first-order valence-electron chi connectivity index (χ1n) is 8.28. The Balaban J connectivity index is 2.08. The SMILES string of the molecule is CCCNCc1oc2c(C(C)(C)C)cccc2c1C1CC1. The Kier molecular flexibility index (Phi) is 3.83. The van der Waals surface area contributed by atoms with Crippen LogP contribution in [0.25, 0.3) is 11.0 Å². The van der Waals surface area contributed by atoms with Gasteiger partial charge in [-0.1, -0.05) is 45.9 Å². The molecule has 0 saturated heterocycles. The molecule has 21 heavy (non-hydrogen) atoms. The molecule has 1 fully saturated rings. The van der Waals surface area contributed by atoms with Crippen molar-refractivity contribution < 1.29 is 4.42 Å². The molecule has 1 aromatic carbocycles. The Morgan fingerprint density at radius 3 is 2.62 bits per heavy atom. The first-order chi connectivity index (χ1) is 10.0. The first kappa shape index (κ1) is 14.6. The van der Waals surface area contributed by atoms with E-state index in [1.165, 1.54) is 29.4 Å². The van der Waals surface area contributed by atoms with Crippen molar-refractivity contribution in [3.63, 3.8) is 0 Å². The predicted octanol–water partition coefficient (Wildman–Crippen LogP) is 5.11. The van der Waals surface area contributed by atoms with Gasteiger partial charge >= 0.3 is 0 Å². The molecule has 0 amide bonds. The second-order valence-electron chi connectivity index (χ2n) is 7.32. The number of fused-ring (bicyclic) bond motifs is 1. The molecule has 0 spiro atoms. The van der Waals surface area contributed by atoms with E-state index < -0.39 is 0 Å². The van der Waals surface area contributed by atoms with Gasteiger partial charge in [0.25, 0.3) is 0 Å². The molecular formula is C19H27NO. The number of rotatable bonds is 5. The molecule has 0 atom stereocenters. The molecule has 2 nitrogen and oxygen atoms in total. The van der Waals surface area contributed by atoms with Crippen molar-refractivity contribution in [2.75, 3.05) is 6.54 Å². The maximum Gasteiger partial charge on any atom is 0.138 e. The first-order valence-corrected chi connectivity index (χ1v) is 8.28. The zero-order valence-electron chi connectivity index (χ0n) is 13.8. The molecule has 1 N–H and O–H groups in total. The summed E-state index contributed by atoms with van der Waals surface area (Å²) in [6.45, 7) is 10.9. The molecule has 1 heterocycles. The quantitative estimate of drug-likeness (QED) is 0.772. The van der Waals surface area contributed by atoms with Crippen LogP contribution in [0.1, 0.15) is 69.8 Å². The maximum absolute atomic E-state index is 6.34. The van der Waals surface area contributed by atoms with Crippen molar-refractivity contribution in [1.29, 1.82) is 0 Å². The van der Waals surface area contributed by atoms with Crippen LogP contribution in [0.2, 0.25) is 0 Å². The lowest BCUT2D eigenvalue weighted by Gasteiger charge is -2.18. The minimum Gasteiger partial charge on any atom is -0.459 e. The molecule has 2 heteroatoms. The van der Waals surface area contributed by atoms with Gasteiger partial charge in [-0.3, -0.25) is 0 Å². The largest absolute Gasteiger partial charge is 0.459 e. The molecular weight excluding hydrogens is 258 g/mol. The van der Waals surface area contributed by atoms with Crippen LogP contribution in [0.15, 0.2) is 22.6 Å². The highest BCUT2D eigenvalue weighted by Crippen LogP contribution is 2.47. The number of hydrogen-bond acceptors (Lipinski definition) is 2. The summed E-state index contributed by atoms with van der Waals surface area (Å²) in [5, 5.41) is 4.85. The highest BCUT2D eigenvalue weighted by molar-refractivity contribution is 5.86. The van der Waals surface area contributed by atoms with Crippen LogP contribution < -0.4 is 5.32 Å². The van der Waals surface area contributed by atoms with Crippen LogP contribution >= 0.6 is 0 Å². The van der Waals surface area contributed by atoms with Gasteiger partial charge in [-0.15, -0.1) is 0 Å². The van der Waals surface area contributed by atoms with Crippen LogP contribution in [0, 0.1) is 0 Å². The normalized spacial score (nSPS) is 15.8. The van der Waals surface area contributed by atoms with Crippen LogP contribution in [-0.2, 0) is 12.0 Å². The zero-order chi connectivity index (χ0) is 15.0. The summed E-state index contributed by atoms with van der Waals surface area (Å²) >= 11 is 0. The molecule has 1 aliphatic carbocycles. The summed E-state index contributed by atoms with van der Waals surface area (Å²) in [5.41, 5.74) is 4.02. The number of hydrogen-bond donors (Lipinski definition) is 1.